The molecule has 3 aromatic rings. The minimum absolute atomic E-state index is 0.0360. The number of para-hydroxylation sites is 2. The molecule has 1 aromatic carbocycles. The molecular weight excluding hydrogens is 246 g/mol. The van der Waals surface area contributed by atoms with Crippen LogP contribution in [0.2, 0.25) is 0 Å². The molecule has 6 heteroatoms. The first-order chi connectivity index (χ1) is 9.22. The number of hydrogen-bond acceptors (Lipinski definition) is 4. The molecule has 0 saturated heterocycles. The van der Waals surface area contributed by atoms with Crippen LogP contribution in [0.5, 0.6) is 0 Å². The first kappa shape index (κ1) is 11.5. The second-order valence-corrected chi connectivity index (χ2v) is 4.00. The third-order valence-electron chi connectivity index (χ3n) is 2.86. The van der Waals surface area contributed by atoms with E-state index in [0.717, 1.165) is 5.52 Å². The number of esters is 1. The molecule has 3 rings (SSSR count). The van der Waals surface area contributed by atoms with Crippen molar-refractivity contribution in [1.29, 1.82) is 0 Å². The summed E-state index contributed by atoms with van der Waals surface area (Å²) >= 11 is 0. The van der Waals surface area contributed by atoms with Gasteiger partial charge in [-0.15, -0.1) is 0 Å². The molecule has 0 fully saturated rings. The summed E-state index contributed by atoms with van der Waals surface area (Å²) in [5.74, 6) is -0.592. The Morgan fingerprint density at radius 2 is 2.21 bits per heavy atom. The maximum absolute atomic E-state index is 12.1. The topological polar surface area (TPSA) is 76.5 Å². The molecule has 6 nitrogen and oxygen atoms in total. The summed E-state index contributed by atoms with van der Waals surface area (Å²) in [5, 5.41) is 0. The van der Waals surface area contributed by atoms with Crippen molar-refractivity contribution in [3.8, 4) is 0 Å². The van der Waals surface area contributed by atoms with Crippen molar-refractivity contribution < 1.29 is 9.53 Å². The van der Waals surface area contributed by atoms with E-state index in [2.05, 4.69) is 9.97 Å². The van der Waals surface area contributed by atoms with Gasteiger partial charge in [0.2, 0.25) is 0 Å². The van der Waals surface area contributed by atoms with Gasteiger partial charge in [0.15, 0.2) is 5.69 Å². The van der Waals surface area contributed by atoms with Crippen molar-refractivity contribution in [1.82, 2.24) is 14.4 Å². The van der Waals surface area contributed by atoms with Crippen LogP contribution in [0.15, 0.2) is 35.4 Å². The Kier molecular flexibility index (Phi) is 2.56. The number of aromatic nitrogens is 3. The lowest BCUT2D eigenvalue weighted by molar-refractivity contribution is 0.0522. The predicted molar refractivity (Wildman–Crippen MR) is 69.3 cm³/mol. The van der Waals surface area contributed by atoms with Crippen LogP contribution >= 0.6 is 0 Å². The van der Waals surface area contributed by atoms with Gasteiger partial charge in [-0.2, -0.15) is 0 Å². The van der Waals surface area contributed by atoms with Crippen LogP contribution in [0.1, 0.15) is 17.4 Å². The quantitative estimate of drug-likeness (QED) is 0.703. The fourth-order valence-corrected chi connectivity index (χ4v) is 2.07. The predicted octanol–water partition coefficient (Wildman–Crippen LogP) is 1.35. The number of carbonyl (C=O) groups is 1. The summed E-state index contributed by atoms with van der Waals surface area (Å²) in [7, 11) is 0. The highest BCUT2D eigenvalue weighted by Crippen LogP contribution is 2.14. The summed E-state index contributed by atoms with van der Waals surface area (Å²) < 4.78 is 6.49. The number of nitrogens with one attached hydrogen (secondary N) is 1. The van der Waals surface area contributed by atoms with E-state index in [-0.39, 0.29) is 23.4 Å². The molecule has 19 heavy (non-hydrogen) atoms. The molecule has 0 aliphatic heterocycles. The number of ether oxygens (including phenoxy) is 1. The minimum atomic E-state index is -0.592. The highest BCUT2D eigenvalue weighted by Gasteiger charge is 2.18. The van der Waals surface area contributed by atoms with Gasteiger partial charge < -0.3 is 9.72 Å². The summed E-state index contributed by atoms with van der Waals surface area (Å²) in [5.41, 5.74) is 1.35. The second-order valence-electron chi connectivity index (χ2n) is 4.00. The lowest BCUT2D eigenvalue weighted by Gasteiger charge is -2.02. The Labute approximate surface area is 107 Å². The third-order valence-corrected chi connectivity index (χ3v) is 2.86. The van der Waals surface area contributed by atoms with Gasteiger partial charge in [-0.1, -0.05) is 12.1 Å². The van der Waals surface area contributed by atoms with E-state index >= 15 is 0 Å². The van der Waals surface area contributed by atoms with Crippen LogP contribution in [-0.4, -0.2) is 26.9 Å². The average Bonchev–Trinajstić information content (AvgIpc) is 2.85. The van der Waals surface area contributed by atoms with Gasteiger partial charge >= 0.3 is 5.97 Å². The Hall–Kier alpha value is -2.63. The van der Waals surface area contributed by atoms with Gasteiger partial charge in [0.25, 0.3) is 5.56 Å². The molecule has 0 aliphatic rings. The lowest BCUT2D eigenvalue weighted by Crippen LogP contribution is -2.14. The molecule has 0 atom stereocenters. The van der Waals surface area contributed by atoms with Crippen molar-refractivity contribution in [3.05, 3.63) is 46.6 Å². The average molecular weight is 257 g/mol. The SMILES string of the molecule is CCOC(=O)c1ncn2c1c(=O)[nH]c1ccccc12. The van der Waals surface area contributed by atoms with E-state index in [1.54, 1.807) is 17.4 Å². The van der Waals surface area contributed by atoms with Gasteiger partial charge in [-0.25, -0.2) is 9.78 Å². The molecule has 2 aromatic heterocycles. The minimum Gasteiger partial charge on any atom is -0.461 e. The normalized spacial score (nSPS) is 11.0. The van der Waals surface area contributed by atoms with E-state index in [0.29, 0.717) is 5.52 Å². The van der Waals surface area contributed by atoms with Crippen molar-refractivity contribution in [2.24, 2.45) is 0 Å². The van der Waals surface area contributed by atoms with Crippen LogP contribution in [0.4, 0.5) is 0 Å². The Morgan fingerprint density at radius 3 is 3.00 bits per heavy atom. The van der Waals surface area contributed by atoms with Crippen molar-refractivity contribution in [2.45, 2.75) is 6.92 Å². The Bertz CT molecular complexity index is 832. The summed E-state index contributed by atoms with van der Waals surface area (Å²) in [6.45, 7) is 1.94. The smallest absolute Gasteiger partial charge is 0.359 e. The van der Waals surface area contributed by atoms with Crippen LogP contribution in [0.3, 0.4) is 0 Å². The Morgan fingerprint density at radius 1 is 1.42 bits per heavy atom. The second kappa shape index (κ2) is 4.24. The lowest BCUT2D eigenvalue weighted by atomic mass is 10.3. The van der Waals surface area contributed by atoms with Crippen LogP contribution < -0.4 is 5.56 Å². The monoisotopic (exact) mass is 257 g/mol. The number of imidazole rings is 1. The highest BCUT2D eigenvalue weighted by molar-refractivity contribution is 5.96. The van der Waals surface area contributed by atoms with Crippen LogP contribution in [0.25, 0.3) is 16.6 Å². The Balaban J connectivity index is 2.38. The molecule has 1 N–H and O–H groups in total. The number of aromatic amines is 1. The highest BCUT2D eigenvalue weighted by atomic mass is 16.5. The molecular formula is C13H11N3O3. The van der Waals surface area contributed by atoms with Gasteiger partial charge in [0.1, 0.15) is 11.8 Å². The fraction of sp³-hybridized carbons (Fsp3) is 0.154. The largest absolute Gasteiger partial charge is 0.461 e. The maximum atomic E-state index is 12.1. The van der Waals surface area contributed by atoms with Gasteiger partial charge in [-0.05, 0) is 19.1 Å². The zero-order valence-corrected chi connectivity index (χ0v) is 10.2. The van der Waals surface area contributed by atoms with Crippen molar-refractivity contribution in [2.75, 3.05) is 6.61 Å². The molecule has 2 heterocycles. The number of hydrogen-bond donors (Lipinski definition) is 1. The number of rotatable bonds is 2. The number of carbonyl (C=O) groups excluding carboxylic acids is 1. The van der Waals surface area contributed by atoms with E-state index in [1.807, 2.05) is 18.2 Å². The van der Waals surface area contributed by atoms with E-state index in [1.165, 1.54) is 6.33 Å². The molecule has 0 spiro atoms. The summed E-state index contributed by atoms with van der Waals surface area (Å²) in [6.07, 6.45) is 1.46. The molecule has 0 bridgehead atoms. The standard InChI is InChI=1S/C13H11N3O3/c1-2-19-13(18)10-11-12(17)15-8-5-3-4-6-9(8)16(11)7-14-10/h3-7H,2H2,1H3,(H,15,17). The van der Waals surface area contributed by atoms with Crippen molar-refractivity contribution >= 4 is 22.5 Å². The summed E-state index contributed by atoms with van der Waals surface area (Å²) in [6, 6.07) is 7.31. The van der Waals surface area contributed by atoms with Gasteiger partial charge in [0, 0.05) is 0 Å². The zero-order chi connectivity index (χ0) is 13.4. The molecule has 96 valence electrons. The van der Waals surface area contributed by atoms with Gasteiger partial charge in [0.05, 0.1) is 17.6 Å². The fourth-order valence-electron chi connectivity index (χ4n) is 2.07. The molecule has 0 aliphatic carbocycles. The molecule has 0 saturated carbocycles. The van der Waals surface area contributed by atoms with Crippen LogP contribution in [-0.2, 0) is 4.74 Å². The van der Waals surface area contributed by atoms with Crippen molar-refractivity contribution in [3.63, 3.8) is 0 Å². The maximum Gasteiger partial charge on any atom is 0.359 e. The number of benzene rings is 1. The first-order valence-corrected chi connectivity index (χ1v) is 5.87. The zero-order valence-electron chi connectivity index (χ0n) is 10.2. The van der Waals surface area contributed by atoms with E-state index in [9.17, 15) is 9.59 Å². The number of nitrogens with zero attached hydrogens (tertiary/aromatic N) is 2. The number of H-pyrrole nitrogens is 1. The first-order valence-electron chi connectivity index (χ1n) is 5.87. The third kappa shape index (κ3) is 1.69. The summed E-state index contributed by atoms with van der Waals surface area (Å²) in [4.78, 5) is 30.5. The van der Waals surface area contributed by atoms with Crippen LogP contribution in [0, 0.1) is 0 Å². The molecule has 0 amide bonds. The molecule has 0 unspecified atom stereocenters. The van der Waals surface area contributed by atoms with E-state index in [4.69, 9.17) is 4.74 Å². The molecule has 0 radical (unpaired) electrons. The van der Waals surface area contributed by atoms with Gasteiger partial charge in [-0.3, -0.25) is 9.20 Å². The number of fused-ring (bicyclic) bond motifs is 3. The van der Waals surface area contributed by atoms with E-state index < -0.39 is 5.97 Å².